The van der Waals surface area contributed by atoms with Gasteiger partial charge in [-0.25, -0.2) is 0 Å². The monoisotopic (exact) mass is 858 g/mol. The third-order valence-corrected chi connectivity index (χ3v) is 4.98. The van der Waals surface area contributed by atoms with Gasteiger partial charge in [0.1, 0.15) is 0 Å². The molecule has 0 saturated carbocycles. The molecule has 0 atom stereocenters. The van der Waals surface area contributed by atoms with Crippen LogP contribution in [0.5, 0.6) is 17.2 Å². The van der Waals surface area contributed by atoms with Crippen molar-refractivity contribution >= 4 is 51.2 Å². The zero-order valence-corrected chi connectivity index (χ0v) is 25.5. The number of nitrogens with zero attached hydrogens (tertiary/aromatic N) is 9. The number of phenols is 3. The molecule has 267 valence electrons. The molecular weight excluding hydrogens is 846 g/mol. The molecule has 0 spiro atoms. The standard InChI is InChI=1S/3C6H3N3O7.Eu.H2O/c3*10-6-4(8(13)14)1-3(7(11)12)2-5(6)9(15)16;;/h3*1-2,10H;;1H2. The summed E-state index contributed by atoms with van der Waals surface area (Å²) in [4.78, 5) is 83.3. The van der Waals surface area contributed by atoms with Gasteiger partial charge in [0, 0.05) is 49.4 Å². The Morgan fingerprint density at radius 3 is 0.520 bits per heavy atom. The van der Waals surface area contributed by atoms with Crippen molar-refractivity contribution in [2.24, 2.45) is 0 Å². The van der Waals surface area contributed by atoms with Crippen molar-refractivity contribution in [3.05, 3.63) is 127 Å². The molecule has 0 saturated heterocycles. The second-order valence-corrected chi connectivity index (χ2v) is 7.81. The number of hydrogen-bond acceptors (Lipinski definition) is 21. The molecule has 0 aliphatic carbocycles. The third-order valence-electron chi connectivity index (χ3n) is 4.98. The number of hydrogen-bond donors (Lipinski definition) is 3. The number of aromatic hydroxyl groups is 3. The van der Waals surface area contributed by atoms with Crippen LogP contribution in [0.3, 0.4) is 0 Å². The number of rotatable bonds is 9. The minimum absolute atomic E-state index is 0. The molecule has 0 aliphatic heterocycles. The molecule has 5 N–H and O–H groups in total. The summed E-state index contributed by atoms with van der Waals surface area (Å²) < 4.78 is 0. The number of non-ortho nitro benzene ring substituents is 3. The molecule has 0 aromatic heterocycles. The van der Waals surface area contributed by atoms with Gasteiger partial charge in [-0.15, -0.1) is 0 Å². The van der Waals surface area contributed by atoms with Gasteiger partial charge in [-0.3, -0.25) is 91.0 Å². The Labute approximate surface area is 308 Å². The topological polar surface area (TPSA) is 480 Å². The second-order valence-electron chi connectivity index (χ2n) is 7.81. The van der Waals surface area contributed by atoms with Crippen LogP contribution >= 0.6 is 0 Å². The maximum atomic E-state index is 10.4. The van der Waals surface area contributed by atoms with Gasteiger partial charge in [-0.05, 0) is 0 Å². The molecule has 32 heteroatoms. The van der Waals surface area contributed by atoms with Crippen LogP contribution < -0.4 is 0 Å². The first-order chi connectivity index (χ1) is 22.0. The molecule has 0 unspecified atom stereocenters. The molecule has 1 radical (unpaired) electrons. The summed E-state index contributed by atoms with van der Waals surface area (Å²) in [5, 5.41) is 121. The van der Waals surface area contributed by atoms with Crippen molar-refractivity contribution in [1.82, 2.24) is 0 Å². The fourth-order valence-electron chi connectivity index (χ4n) is 2.92. The van der Waals surface area contributed by atoms with E-state index in [9.17, 15) is 91.0 Å². The van der Waals surface area contributed by atoms with E-state index in [4.69, 9.17) is 15.3 Å². The minimum Gasteiger partial charge on any atom is -0.497 e. The molecule has 31 nitrogen and oxygen atoms in total. The fourth-order valence-corrected chi connectivity index (χ4v) is 2.92. The van der Waals surface area contributed by atoms with Gasteiger partial charge in [0.2, 0.25) is 0 Å². The first-order valence-corrected chi connectivity index (χ1v) is 10.9. The number of nitro benzene ring substituents is 9. The summed E-state index contributed by atoms with van der Waals surface area (Å²) in [6, 6.07) is 2.68. The Morgan fingerprint density at radius 1 is 0.320 bits per heavy atom. The molecular formula is C18H11EuN9O22. The Morgan fingerprint density at radius 2 is 0.440 bits per heavy atom. The number of phenolic OH excluding ortho intramolecular Hbond substituents is 3. The van der Waals surface area contributed by atoms with Crippen LogP contribution in [0, 0.1) is 140 Å². The van der Waals surface area contributed by atoms with E-state index in [0.29, 0.717) is 36.4 Å². The molecule has 50 heavy (non-hydrogen) atoms. The van der Waals surface area contributed by atoms with Crippen LogP contribution in [0.4, 0.5) is 51.2 Å². The van der Waals surface area contributed by atoms with Gasteiger partial charge in [0.25, 0.3) is 34.3 Å². The quantitative estimate of drug-likeness (QED) is 0.205. The zero-order chi connectivity index (χ0) is 37.4. The summed E-state index contributed by atoms with van der Waals surface area (Å²) in [7, 11) is 0. The van der Waals surface area contributed by atoms with E-state index in [2.05, 4.69) is 0 Å². The number of nitro groups is 9. The molecule has 0 fully saturated rings. The minimum atomic E-state index is -1.21. The largest absolute Gasteiger partial charge is 0.497 e. The smallest absolute Gasteiger partial charge is 0.324 e. The molecule has 3 aromatic rings. The van der Waals surface area contributed by atoms with Gasteiger partial charge in [-0.1, -0.05) is 0 Å². The molecule has 0 aliphatic rings. The van der Waals surface area contributed by atoms with E-state index in [1.165, 1.54) is 0 Å². The van der Waals surface area contributed by atoms with Crippen LogP contribution in [0.1, 0.15) is 0 Å². The zero-order valence-electron chi connectivity index (χ0n) is 23.1. The van der Waals surface area contributed by atoms with Gasteiger partial charge >= 0.3 is 34.1 Å². The summed E-state index contributed by atoms with van der Waals surface area (Å²) in [5.41, 5.74) is -9.01. The maximum Gasteiger partial charge on any atom is 0.324 e. The summed E-state index contributed by atoms with van der Waals surface area (Å²) in [6.45, 7) is 0. The predicted octanol–water partition coefficient (Wildman–Crippen LogP) is 2.53. The Hall–Kier alpha value is -6.80. The number of benzene rings is 3. The average Bonchev–Trinajstić information content (AvgIpc) is 2.96. The van der Waals surface area contributed by atoms with E-state index < -0.39 is 113 Å². The van der Waals surface area contributed by atoms with Gasteiger partial charge in [0.15, 0.2) is 0 Å². The van der Waals surface area contributed by atoms with Crippen LogP contribution in [0.15, 0.2) is 36.4 Å². The summed E-state index contributed by atoms with van der Waals surface area (Å²) >= 11 is 0. The van der Waals surface area contributed by atoms with Gasteiger partial charge in [-0.2, -0.15) is 0 Å². The molecule has 0 heterocycles. The fraction of sp³-hybridized carbons (Fsp3) is 0. The predicted molar refractivity (Wildman–Crippen MR) is 148 cm³/mol. The Bertz CT molecular complexity index is 1610. The van der Waals surface area contributed by atoms with Crippen molar-refractivity contribution < 1.29 is 114 Å². The van der Waals surface area contributed by atoms with Crippen LogP contribution in [-0.4, -0.2) is 65.1 Å². The van der Waals surface area contributed by atoms with Crippen molar-refractivity contribution in [2.45, 2.75) is 0 Å². The van der Waals surface area contributed by atoms with Crippen LogP contribution in [0.25, 0.3) is 0 Å². The maximum absolute atomic E-state index is 10.4. The van der Waals surface area contributed by atoms with E-state index in [1.54, 1.807) is 0 Å². The van der Waals surface area contributed by atoms with Crippen LogP contribution in [-0.2, 0) is 0 Å². The summed E-state index contributed by atoms with van der Waals surface area (Å²) in [6.07, 6.45) is 0. The molecule has 0 bridgehead atoms. The normalized spacial score (nSPS) is 9.36. The molecule has 3 rings (SSSR count). The van der Waals surface area contributed by atoms with Crippen molar-refractivity contribution in [2.75, 3.05) is 0 Å². The molecule has 3 aromatic carbocycles. The Balaban J connectivity index is 0. The van der Waals surface area contributed by atoms with Gasteiger partial charge < -0.3 is 20.8 Å². The molecule has 0 amide bonds. The van der Waals surface area contributed by atoms with E-state index >= 15 is 0 Å². The first-order valence-electron chi connectivity index (χ1n) is 10.9. The second kappa shape index (κ2) is 18.5. The SMILES string of the molecule is O.O=[N+]([O-])c1cc([N+](=O)[O-])c(O)c([N+](=O)[O-])c1.O=[N+]([O-])c1cc([N+](=O)[O-])c(O)c([N+](=O)[O-])c1.O=[N+]([O-])c1cc([N+](=O)[O-])c(O)c([N+](=O)[O-])c1.[Eu]. The first kappa shape index (κ1) is 45.3. The van der Waals surface area contributed by atoms with Crippen molar-refractivity contribution in [3.8, 4) is 17.2 Å². The Kier molecular flexibility index (Phi) is 16.8. The van der Waals surface area contributed by atoms with E-state index in [-0.39, 0.29) is 54.9 Å². The third kappa shape index (κ3) is 11.2. The van der Waals surface area contributed by atoms with Crippen molar-refractivity contribution in [1.29, 1.82) is 0 Å². The van der Waals surface area contributed by atoms with E-state index in [0.717, 1.165) is 0 Å². The average molecular weight is 857 g/mol. The van der Waals surface area contributed by atoms with Gasteiger partial charge in [0.05, 0.1) is 80.7 Å². The van der Waals surface area contributed by atoms with E-state index in [1.807, 2.05) is 0 Å². The summed E-state index contributed by atoms with van der Waals surface area (Å²) in [5.74, 6) is -3.62. The van der Waals surface area contributed by atoms with Crippen molar-refractivity contribution in [3.63, 3.8) is 0 Å². The van der Waals surface area contributed by atoms with Crippen LogP contribution in [0.2, 0.25) is 0 Å².